The third kappa shape index (κ3) is 4.13. The summed E-state index contributed by atoms with van der Waals surface area (Å²) in [6.07, 6.45) is 2.27. The largest absolute Gasteiger partial charge is 0.338 e. The predicted molar refractivity (Wildman–Crippen MR) is 95.2 cm³/mol. The van der Waals surface area contributed by atoms with Crippen molar-refractivity contribution in [3.05, 3.63) is 60.2 Å². The molecule has 124 valence electrons. The van der Waals surface area contributed by atoms with Crippen LogP contribution in [0.1, 0.15) is 18.4 Å². The summed E-state index contributed by atoms with van der Waals surface area (Å²) in [4.78, 5) is 25.6. The van der Waals surface area contributed by atoms with Crippen LogP contribution in [0, 0.1) is 0 Å². The average Bonchev–Trinajstić information content (AvgIpc) is 3.02. The van der Waals surface area contributed by atoms with E-state index < -0.39 is 0 Å². The number of hydrogen-bond donors (Lipinski definition) is 2. The number of hydrogen-bond acceptors (Lipinski definition) is 2. The lowest BCUT2D eigenvalue weighted by atomic mass is 10.1. The van der Waals surface area contributed by atoms with Gasteiger partial charge in [-0.1, -0.05) is 36.4 Å². The summed E-state index contributed by atoms with van der Waals surface area (Å²) >= 11 is 0. The topological polar surface area (TPSA) is 61.4 Å². The molecule has 24 heavy (non-hydrogen) atoms. The van der Waals surface area contributed by atoms with Crippen molar-refractivity contribution in [2.24, 2.45) is 0 Å². The lowest BCUT2D eigenvalue weighted by Gasteiger charge is -2.17. The third-order valence-electron chi connectivity index (χ3n) is 4.03. The van der Waals surface area contributed by atoms with Gasteiger partial charge in [-0.2, -0.15) is 0 Å². The second kappa shape index (κ2) is 7.64. The maximum atomic E-state index is 12.0. The normalized spacial score (nSPS) is 13.8. The molecule has 1 aliphatic rings. The molecule has 0 aromatic heterocycles. The first-order valence-electron chi connectivity index (χ1n) is 8.21. The number of nitrogens with zero attached hydrogens (tertiary/aromatic N) is 1. The molecule has 0 radical (unpaired) electrons. The van der Waals surface area contributed by atoms with E-state index in [-0.39, 0.29) is 11.9 Å². The van der Waals surface area contributed by atoms with Crippen LogP contribution in [0.25, 0.3) is 0 Å². The van der Waals surface area contributed by atoms with Gasteiger partial charge in [0.15, 0.2) is 0 Å². The van der Waals surface area contributed by atoms with Gasteiger partial charge in [-0.15, -0.1) is 0 Å². The van der Waals surface area contributed by atoms with Crippen molar-refractivity contribution in [3.63, 3.8) is 0 Å². The lowest BCUT2D eigenvalue weighted by Crippen LogP contribution is -2.30. The second-order valence-corrected chi connectivity index (χ2v) is 5.82. The molecule has 0 atom stereocenters. The Hall–Kier alpha value is -2.82. The molecule has 0 spiro atoms. The Bertz CT molecular complexity index is 716. The van der Waals surface area contributed by atoms with Crippen LogP contribution >= 0.6 is 0 Å². The van der Waals surface area contributed by atoms with Crippen molar-refractivity contribution < 1.29 is 9.59 Å². The molecule has 3 rings (SSSR count). The molecule has 2 aromatic carbocycles. The van der Waals surface area contributed by atoms with Crippen molar-refractivity contribution in [2.45, 2.75) is 19.3 Å². The third-order valence-corrected chi connectivity index (χ3v) is 4.03. The highest BCUT2D eigenvalue weighted by Crippen LogP contribution is 2.24. The van der Waals surface area contributed by atoms with Crippen LogP contribution in [-0.4, -0.2) is 25.0 Å². The van der Waals surface area contributed by atoms with E-state index in [1.54, 1.807) is 4.90 Å². The van der Waals surface area contributed by atoms with E-state index in [2.05, 4.69) is 10.6 Å². The van der Waals surface area contributed by atoms with Gasteiger partial charge in [0.25, 0.3) is 0 Å². The Kier molecular flexibility index (Phi) is 5.11. The van der Waals surface area contributed by atoms with E-state index in [4.69, 9.17) is 0 Å². The SMILES string of the molecule is O=C(NCCc1ccccc1)Nc1cccc(N2CCCC2=O)c1. The molecule has 1 aliphatic heterocycles. The average molecular weight is 323 g/mol. The molecule has 1 saturated heterocycles. The van der Waals surface area contributed by atoms with Crippen molar-refractivity contribution in [2.75, 3.05) is 23.3 Å². The quantitative estimate of drug-likeness (QED) is 0.888. The van der Waals surface area contributed by atoms with E-state index in [1.807, 2.05) is 54.6 Å². The van der Waals surface area contributed by atoms with Crippen LogP contribution < -0.4 is 15.5 Å². The zero-order valence-electron chi connectivity index (χ0n) is 13.5. The molecule has 2 N–H and O–H groups in total. The van der Waals surface area contributed by atoms with Crippen LogP contribution in [0.15, 0.2) is 54.6 Å². The highest BCUT2D eigenvalue weighted by molar-refractivity contribution is 5.96. The molecule has 0 bridgehead atoms. The Labute approximate surface area is 141 Å². The first-order valence-corrected chi connectivity index (χ1v) is 8.21. The number of carbonyl (C=O) groups is 2. The van der Waals surface area contributed by atoms with Gasteiger partial charge in [0.1, 0.15) is 0 Å². The standard InChI is InChI=1S/C19H21N3O2/c23-18-10-5-13-22(18)17-9-4-8-16(14-17)21-19(24)20-12-11-15-6-2-1-3-7-15/h1-4,6-9,14H,5,10-13H2,(H2,20,21,24). The number of rotatable bonds is 5. The van der Waals surface area contributed by atoms with Crippen molar-refractivity contribution >= 4 is 23.3 Å². The first-order chi connectivity index (χ1) is 11.7. The number of carbonyl (C=O) groups excluding carboxylic acids is 2. The Morgan fingerprint density at radius 2 is 1.92 bits per heavy atom. The molecule has 3 amide bonds. The van der Waals surface area contributed by atoms with Gasteiger partial charge in [-0.25, -0.2) is 4.79 Å². The highest BCUT2D eigenvalue weighted by atomic mass is 16.2. The minimum atomic E-state index is -0.240. The molecule has 0 saturated carbocycles. The zero-order chi connectivity index (χ0) is 16.8. The van der Waals surface area contributed by atoms with Crippen LogP contribution in [0.2, 0.25) is 0 Å². The van der Waals surface area contributed by atoms with Gasteiger partial charge in [-0.3, -0.25) is 4.79 Å². The lowest BCUT2D eigenvalue weighted by molar-refractivity contribution is -0.117. The van der Waals surface area contributed by atoms with Gasteiger partial charge in [0.2, 0.25) is 5.91 Å². The first kappa shape index (κ1) is 16.1. The minimum absolute atomic E-state index is 0.138. The summed E-state index contributed by atoms with van der Waals surface area (Å²) in [7, 11) is 0. The van der Waals surface area contributed by atoms with Gasteiger partial charge < -0.3 is 15.5 Å². The van der Waals surface area contributed by atoms with E-state index in [9.17, 15) is 9.59 Å². The monoisotopic (exact) mass is 323 g/mol. The number of nitrogens with one attached hydrogen (secondary N) is 2. The maximum Gasteiger partial charge on any atom is 0.319 e. The fourth-order valence-corrected chi connectivity index (χ4v) is 2.81. The second-order valence-electron chi connectivity index (χ2n) is 5.82. The molecule has 0 aliphatic carbocycles. The van der Waals surface area contributed by atoms with Crippen molar-refractivity contribution in [1.29, 1.82) is 0 Å². The van der Waals surface area contributed by atoms with Crippen LogP contribution in [0.4, 0.5) is 16.2 Å². The maximum absolute atomic E-state index is 12.0. The van der Waals surface area contributed by atoms with E-state index in [0.29, 0.717) is 18.7 Å². The summed E-state index contributed by atoms with van der Waals surface area (Å²) in [5, 5.41) is 5.67. The fourth-order valence-electron chi connectivity index (χ4n) is 2.81. The summed E-state index contributed by atoms with van der Waals surface area (Å²) in [6.45, 7) is 1.31. The predicted octanol–water partition coefficient (Wildman–Crippen LogP) is 3.18. The van der Waals surface area contributed by atoms with E-state index in [1.165, 1.54) is 5.56 Å². The molecule has 0 unspecified atom stereocenters. The Morgan fingerprint density at radius 1 is 1.08 bits per heavy atom. The number of benzene rings is 2. The Balaban J connectivity index is 1.52. The number of amides is 3. The number of anilines is 2. The molecular formula is C19H21N3O2. The van der Waals surface area contributed by atoms with E-state index >= 15 is 0 Å². The van der Waals surface area contributed by atoms with Gasteiger partial charge >= 0.3 is 6.03 Å². The molecule has 2 aromatic rings. The summed E-state index contributed by atoms with van der Waals surface area (Å²) in [5.74, 6) is 0.138. The minimum Gasteiger partial charge on any atom is -0.338 e. The summed E-state index contributed by atoms with van der Waals surface area (Å²) < 4.78 is 0. The van der Waals surface area contributed by atoms with Crippen molar-refractivity contribution in [1.82, 2.24) is 5.32 Å². The van der Waals surface area contributed by atoms with Crippen LogP contribution in [0.5, 0.6) is 0 Å². The van der Waals surface area contributed by atoms with E-state index in [0.717, 1.165) is 25.1 Å². The fraction of sp³-hybridized carbons (Fsp3) is 0.263. The highest BCUT2D eigenvalue weighted by Gasteiger charge is 2.21. The molecular weight excluding hydrogens is 302 g/mol. The van der Waals surface area contributed by atoms with Crippen molar-refractivity contribution in [3.8, 4) is 0 Å². The smallest absolute Gasteiger partial charge is 0.319 e. The summed E-state index contributed by atoms with van der Waals surface area (Å²) in [5.41, 5.74) is 2.70. The molecule has 5 heteroatoms. The molecule has 5 nitrogen and oxygen atoms in total. The summed E-state index contributed by atoms with van der Waals surface area (Å²) in [6, 6.07) is 17.2. The van der Waals surface area contributed by atoms with Crippen LogP contribution in [-0.2, 0) is 11.2 Å². The Morgan fingerprint density at radius 3 is 2.67 bits per heavy atom. The van der Waals surface area contributed by atoms with Gasteiger partial charge in [0.05, 0.1) is 0 Å². The molecule has 1 heterocycles. The number of urea groups is 1. The van der Waals surface area contributed by atoms with Gasteiger partial charge in [-0.05, 0) is 36.6 Å². The van der Waals surface area contributed by atoms with Gasteiger partial charge in [0, 0.05) is 30.9 Å². The zero-order valence-corrected chi connectivity index (χ0v) is 13.5. The van der Waals surface area contributed by atoms with Crippen LogP contribution in [0.3, 0.4) is 0 Å². The molecule has 1 fully saturated rings.